The fraction of sp³-hybridized carbons (Fsp3) is 0.292. The minimum atomic E-state index is -4.64. The topological polar surface area (TPSA) is 91.4 Å². The van der Waals surface area contributed by atoms with Gasteiger partial charge in [-0.2, -0.15) is 18.2 Å². The van der Waals surface area contributed by atoms with E-state index in [0.29, 0.717) is 50.5 Å². The van der Waals surface area contributed by atoms with Crippen molar-refractivity contribution in [1.82, 2.24) is 9.97 Å². The van der Waals surface area contributed by atoms with E-state index in [1.165, 1.54) is 0 Å². The molecule has 3 N–H and O–H groups in total. The number of carbonyl (C=O) groups excluding carboxylic acids is 1. The van der Waals surface area contributed by atoms with Crippen LogP contribution in [0.3, 0.4) is 0 Å². The van der Waals surface area contributed by atoms with Gasteiger partial charge in [-0.05, 0) is 42.3 Å². The van der Waals surface area contributed by atoms with E-state index in [1.54, 1.807) is 24.3 Å². The summed E-state index contributed by atoms with van der Waals surface area (Å²) in [6.45, 7) is 2.38. The van der Waals surface area contributed by atoms with Crippen LogP contribution >= 0.6 is 0 Å². The number of nitrogens with zero attached hydrogens (tertiary/aromatic N) is 3. The van der Waals surface area contributed by atoms with Crippen molar-refractivity contribution in [2.75, 3.05) is 47.2 Å². The molecule has 1 amide bonds. The molecule has 11 heteroatoms. The minimum absolute atomic E-state index is 0.0177. The molecule has 1 aromatic heterocycles. The number of aryl methyl sites for hydroxylation is 1. The number of aromatic nitrogens is 2. The summed E-state index contributed by atoms with van der Waals surface area (Å²) in [5.74, 6) is -0.373. The number of halogens is 3. The smallest absolute Gasteiger partial charge is 0.378 e. The summed E-state index contributed by atoms with van der Waals surface area (Å²) in [5, 5.41) is 8.66. The molecule has 182 valence electrons. The predicted molar refractivity (Wildman–Crippen MR) is 126 cm³/mol. The molecule has 35 heavy (non-hydrogen) atoms. The summed E-state index contributed by atoms with van der Waals surface area (Å²) >= 11 is 0. The second-order valence-electron chi connectivity index (χ2n) is 8.24. The number of amides is 1. The number of nitrogens with one attached hydrogen (secondary N) is 3. The fourth-order valence-corrected chi connectivity index (χ4v) is 4.12. The van der Waals surface area contributed by atoms with Crippen LogP contribution in [0.2, 0.25) is 0 Å². The van der Waals surface area contributed by atoms with Crippen molar-refractivity contribution >= 4 is 40.4 Å². The third-order valence-electron chi connectivity index (χ3n) is 5.86. The molecule has 0 aliphatic carbocycles. The van der Waals surface area contributed by atoms with E-state index in [4.69, 9.17) is 4.74 Å². The Labute approximate surface area is 199 Å². The number of hydrogen-bond donors (Lipinski definition) is 3. The number of alkyl halides is 3. The highest BCUT2D eigenvalue weighted by atomic mass is 19.4. The van der Waals surface area contributed by atoms with Crippen molar-refractivity contribution in [2.45, 2.75) is 19.0 Å². The monoisotopic (exact) mass is 484 g/mol. The first-order valence-electron chi connectivity index (χ1n) is 11.2. The maximum absolute atomic E-state index is 13.8. The van der Waals surface area contributed by atoms with E-state index in [9.17, 15) is 18.0 Å². The Kier molecular flexibility index (Phi) is 6.16. The van der Waals surface area contributed by atoms with Crippen LogP contribution in [0, 0.1) is 0 Å². The summed E-state index contributed by atoms with van der Waals surface area (Å²) in [6, 6.07) is 12.5. The number of carbonyl (C=O) groups is 1. The van der Waals surface area contributed by atoms with Gasteiger partial charge < -0.3 is 25.6 Å². The molecule has 0 atom stereocenters. The number of hydrogen-bond acceptors (Lipinski definition) is 7. The van der Waals surface area contributed by atoms with E-state index >= 15 is 0 Å². The maximum Gasteiger partial charge on any atom is 0.421 e. The lowest BCUT2D eigenvalue weighted by Crippen LogP contribution is -2.36. The van der Waals surface area contributed by atoms with Crippen LogP contribution < -0.4 is 20.9 Å². The summed E-state index contributed by atoms with van der Waals surface area (Å²) in [7, 11) is 0. The van der Waals surface area contributed by atoms with Crippen LogP contribution in [0.1, 0.15) is 17.5 Å². The second-order valence-corrected chi connectivity index (χ2v) is 8.24. The average Bonchev–Trinajstić information content (AvgIpc) is 2.84. The Hall–Kier alpha value is -3.86. The Morgan fingerprint density at radius 3 is 2.63 bits per heavy atom. The fourth-order valence-electron chi connectivity index (χ4n) is 4.12. The first kappa shape index (κ1) is 22.9. The third-order valence-corrected chi connectivity index (χ3v) is 5.86. The van der Waals surface area contributed by atoms with Gasteiger partial charge in [0, 0.05) is 37.1 Å². The zero-order chi connectivity index (χ0) is 24.4. The highest BCUT2D eigenvalue weighted by Crippen LogP contribution is 2.37. The van der Waals surface area contributed by atoms with Crippen molar-refractivity contribution in [3.63, 3.8) is 0 Å². The maximum atomic E-state index is 13.8. The van der Waals surface area contributed by atoms with Gasteiger partial charge >= 0.3 is 6.18 Å². The zero-order valence-corrected chi connectivity index (χ0v) is 18.7. The molecule has 0 spiro atoms. The summed E-state index contributed by atoms with van der Waals surface area (Å²) in [6.07, 6.45) is -2.91. The van der Waals surface area contributed by atoms with Gasteiger partial charge in [-0.1, -0.05) is 12.1 Å². The van der Waals surface area contributed by atoms with Crippen LogP contribution in [0.5, 0.6) is 0 Å². The van der Waals surface area contributed by atoms with Crippen molar-refractivity contribution < 1.29 is 22.7 Å². The Bertz CT molecular complexity index is 1240. The van der Waals surface area contributed by atoms with Gasteiger partial charge in [0.05, 0.1) is 24.6 Å². The van der Waals surface area contributed by atoms with Gasteiger partial charge in [0.1, 0.15) is 11.4 Å². The lowest BCUT2D eigenvalue weighted by Gasteiger charge is -2.30. The van der Waals surface area contributed by atoms with Crippen molar-refractivity contribution in [3.8, 4) is 0 Å². The highest BCUT2D eigenvalue weighted by molar-refractivity contribution is 5.94. The standard InChI is InChI=1S/C24H23F3N6O2/c25-24(26,27)17-14-28-23(29-16-6-7-18-15(13-16)5-8-21(34)30-18)32-22(17)31-19-3-1-2-4-20(19)33-9-11-35-12-10-33/h1-4,6-7,13-14H,5,8-12H2,(H,30,34)(H2,28,29,31,32). The molecule has 8 nitrogen and oxygen atoms in total. The van der Waals surface area contributed by atoms with E-state index in [0.717, 1.165) is 23.1 Å². The Morgan fingerprint density at radius 1 is 1.03 bits per heavy atom. The molecule has 2 aliphatic rings. The van der Waals surface area contributed by atoms with Gasteiger partial charge in [-0.3, -0.25) is 4.79 Å². The lowest BCUT2D eigenvalue weighted by atomic mass is 10.0. The molecular weight excluding hydrogens is 461 g/mol. The van der Waals surface area contributed by atoms with Crippen LogP contribution in [0.4, 0.5) is 47.7 Å². The first-order valence-corrected chi connectivity index (χ1v) is 11.2. The molecule has 2 aromatic carbocycles. The second kappa shape index (κ2) is 9.41. The molecule has 0 unspecified atom stereocenters. The van der Waals surface area contributed by atoms with Crippen LogP contribution in [0.25, 0.3) is 0 Å². The van der Waals surface area contributed by atoms with Gasteiger partial charge in [0.15, 0.2) is 0 Å². The van der Waals surface area contributed by atoms with Crippen molar-refractivity contribution in [1.29, 1.82) is 0 Å². The molecule has 3 aromatic rings. The number of ether oxygens (including phenoxy) is 1. The van der Waals surface area contributed by atoms with Gasteiger partial charge in [0.2, 0.25) is 11.9 Å². The van der Waals surface area contributed by atoms with Crippen molar-refractivity contribution in [2.24, 2.45) is 0 Å². The van der Waals surface area contributed by atoms with Crippen LogP contribution in [0.15, 0.2) is 48.7 Å². The van der Waals surface area contributed by atoms with Crippen LogP contribution in [-0.2, 0) is 22.1 Å². The zero-order valence-electron chi connectivity index (χ0n) is 18.7. The van der Waals surface area contributed by atoms with Crippen molar-refractivity contribution in [3.05, 3.63) is 59.8 Å². The quantitative estimate of drug-likeness (QED) is 0.483. The summed E-state index contributed by atoms with van der Waals surface area (Å²) in [4.78, 5) is 21.7. The molecular formula is C24H23F3N6O2. The van der Waals surface area contributed by atoms with E-state index in [2.05, 4.69) is 30.8 Å². The predicted octanol–water partition coefficient (Wildman–Crippen LogP) is 4.70. The lowest BCUT2D eigenvalue weighted by molar-refractivity contribution is -0.137. The number of fused-ring (bicyclic) bond motifs is 1. The Balaban J connectivity index is 1.45. The molecule has 5 rings (SSSR count). The normalized spacial score (nSPS) is 15.9. The number of anilines is 6. The molecule has 1 saturated heterocycles. The highest BCUT2D eigenvalue weighted by Gasteiger charge is 2.35. The van der Waals surface area contributed by atoms with Gasteiger partial charge in [-0.25, -0.2) is 4.98 Å². The summed E-state index contributed by atoms with van der Waals surface area (Å²) in [5.41, 5.74) is 2.58. The molecule has 0 bridgehead atoms. The molecule has 3 heterocycles. The molecule has 2 aliphatic heterocycles. The third kappa shape index (κ3) is 5.14. The summed E-state index contributed by atoms with van der Waals surface area (Å²) < 4.78 is 46.7. The van der Waals surface area contributed by atoms with Gasteiger partial charge in [-0.15, -0.1) is 0 Å². The number of benzene rings is 2. The minimum Gasteiger partial charge on any atom is -0.378 e. The number of rotatable bonds is 5. The van der Waals surface area contributed by atoms with E-state index < -0.39 is 11.7 Å². The average molecular weight is 484 g/mol. The largest absolute Gasteiger partial charge is 0.421 e. The van der Waals surface area contributed by atoms with E-state index in [1.807, 2.05) is 18.2 Å². The Morgan fingerprint density at radius 2 is 1.83 bits per heavy atom. The van der Waals surface area contributed by atoms with E-state index in [-0.39, 0.29) is 17.7 Å². The number of para-hydroxylation sites is 2. The number of morpholine rings is 1. The molecule has 0 saturated carbocycles. The SMILES string of the molecule is O=C1CCc2cc(Nc3ncc(C(F)(F)F)c(Nc4ccccc4N4CCOCC4)n3)ccc2N1. The van der Waals surface area contributed by atoms with Crippen LogP contribution in [-0.4, -0.2) is 42.2 Å². The van der Waals surface area contributed by atoms with Gasteiger partial charge in [0.25, 0.3) is 0 Å². The first-order chi connectivity index (χ1) is 16.9. The molecule has 0 radical (unpaired) electrons. The molecule has 1 fully saturated rings.